The molecule has 0 aliphatic carbocycles. The van der Waals surface area contributed by atoms with E-state index >= 15 is 0 Å². The zero-order chi connectivity index (χ0) is 28.8. The topological polar surface area (TPSA) is 64.6 Å². The van der Waals surface area contributed by atoms with Crippen LogP contribution in [0.15, 0.2) is 30.3 Å². The van der Waals surface area contributed by atoms with E-state index in [1.807, 2.05) is 6.07 Å². The Bertz CT molecular complexity index is 849. The van der Waals surface area contributed by atoms with Crippen molar-refractivity contribution in [2.75, 3.05) is 19.8 Å². The third kappa shape index (κ3) is 11.1. The van der Waals surface area contributed by atoms with E-state index in [9.17, 15) is 0 Å². The van der Waals surface area contributed by atoms with Gasteiger partial charge in [-0.25, -0.2) is 0 Å². The second-order valence-corrected chi connectivity index (χ2v) is 32.6. The normalized spacial score (nSPS) is 22.8. The first-order valence-electron chi connectivity index (χ1n) is 14.1. The predicted molar refractivity (Wildman–Crippen MR) is 168 cm³/mol. The number of ether oxygens (including phenoxy) is 3. The van der Waals surface area contributed by atoms with E-state index in [4.69, 9.17) is 30.7 Å². The summed E-state index contributed by atoms with van der Waals surface area (Å²) in [5.74, 6) is 0. The standard InChI is InChI=1S/C26H54O7Si5/c1-13-14-20-27-23(2)21-28-25-22-29-26(25)38(12,32-36(9,10)30-34(3,4)5)33-37(11,31-35(6,7)8)24-18-16-15-17-19-24/h15-19,23,25-26H,13-14,20-22H2,1-12H3. The summed E-state index contributed by atoms with van der Waals surface area (Å²) in [6, 6.07) is 10.4. The number of rotatable bonds is 17. The third-order valence-corrected chi connectivity index (χ3v) is 24.1. The van der Waals surface area contributed by atoms with Crippen molar-refractivity contribution in [1.82, 2.24) is 0 Å². The Labute approximate surface area is 237 Å². The molecule has 7 nitrogen and oxygen atoms in total. The smallest absolute Gasteiger partial charge is 0.350 e. The monoisotopic (exact) mass is 618 g/mol. The van der Waals surface area contributed by atoms with Crippen LogP contribution in [0.3, 0.4) is 0 Å². The summed E-state index contributed by atoms with van der Waals surface area (Å²) < 4.78 is 46.4. The first kappa shape index (κ1) is 34.2. The average Bonchev–Trinajstić information content (AvgIpc) is 2.69. The molecule has 0 bridgehead atoms. The van der Waals surface area contributed by atoms with Gasteiger partial charge in [-0.2, -0.15) is 0 Å². The van der Waals surface area contributed by atoms with Gasteiger partial charge >= 0.3 is 25.7 Å². The first-order chi connectivity index (χ1) is 17.4. The minimum Gasteiger partial charge on any atom is -0.437 e. The van der Waals surface area contributed by atoms with Crippen molar-refractivity contribution in [2.45, 2.75) is 110 Å². The van der Waals surface area contributed by atoms with Gasteiger partial charge in [-0.05, 0) is 84.0 Å². The van der Waals surface area contributed by atoms with E-state index in [-0.39, 0.29) is 17.9 Å². The number of unbranched alkanes of at least 4 members (excludes halogenated alkanes) is 1. The minimum atomic E-state index is -3.06. The molecule has 2 rings (SSSR count). The fraction of sp³-hybridized carbons (Fsp3) is 0.769. The maximum Gasteiger partial charge on any atom is 0.350 e. The maximum atomic E-state index is 7.26. The van der Waals surface area contributed by atoms with Crippen LogP contribution < -0.4 is 5.19 Å². The van der Waals surface area contributed by atoms with Crippen molar-refractivity contribution in [1.29, 1.82) is 0 Å². The fourth-order valence-electron chi connectivity index (χ4n) is 4.87. The Balaban J connectivity index is 2.36. The molecular weight excluding hydrogens is 565 g/mol. The average molecular weight is 619 g/mol. The molecule has 12 heteroatoms. The van der Waals surface area contributed by atoms with Crippen molar-refractivity contribution in [3.63, 3.8) is 0 Å². The molecule has 5 unspecified atom stereocenters. The number of benzene rings is 1. The van der Waals surface area contributed by atoms with E-state index in [2.05, 4.69) is 104 Å². The van der Waals surface area contributed by atoms with Gasteiger partial charge in [0.25, 0.3) is 0 Å². The molecule has 1 heterocycles. The molecule has 38 heavy (non-hydrogen) atoms. The molecular formula is C26H54O7Si5. The lowest BCUT2D eigenvalue weighted by Crippen LogP contribution is -2.73. The summed E-state index contributed by atoms with van der Waals surface area (Å²) in [6.07, 6.45) is 2.09. The summed E-state index contributed by atoms with van der Waals surface area (Å²) in [6.45, 7) is 27.8. The molecule has 0 radical (unpaired) electrons. The lowest BCUT2D eigenvalue weighted by molar-refractivity contribution is -0.178. The van der Waals surface area contributed by atoms with E-state index in [1.54, 1.807) is 0 Å². The SMILES string of the molecule is CCCCOC(C)COC1COC1[Si](C)(O[Si](C)(C)O[Si](C)(C)C)O[Si](C)(O[Si](C)(C)C)c1ccccc1. The van der Waals surface area contributed by atoms with Gasteiger partial charge < -0.3 is 30.7 Å². The molecule has 1 saturated heterocycles. The van der Waals surface area contributed by atoms with Crippen LogP contribution in [-0.4, -0.2) is 80.1 Å². The van der Waals surface area contributed by atoms with Crippen LogP contribution in [0.1, 0.15) is 26.7 Å². The highest BCUT2D eigenvalue weighted by Gasteiger charge is 2.59. The number of hydrogen-bond donors (Lipinski definition) is 0. The summed E-state index contributed by atoms with van der Waals surface area (Å²) in [5.41, 5.74) is -0.275. The van der Waals surface area contributed by atoms with Gasteiger partial charge in [-0.15, -0.1) is 0 Å². The molecule has 0 N–H and O–H groups in total. The van der Waals surface area contributed by atoms with Gasteiger partial charge in [0.05, 0.1) is 19.3 Å². The van der Waals surface area contributed by atoms with Gasteiger partial charge in [-0.1, -0.05) is 43.7 Å². The zero-order valence-corrected chi connectivity index (χ0v) is 31.0. The highest BCUT2D eigenvalue weighted by Crippen LogP contribution is 2.35. The van der Waals surface area contributed by atoms with Gasteiger partial charge in [0.2, 0.25) is 0 Å². The highest BCUT2D eigenvalue weighted by molar-refractivity contribution is 6.95. The summed E-state index contributed by atoms with van der Waals surface area (Å²) >= 11 is 0. The zero-order valence-electron chi connectivity index (χ0n) is 26.0. The van der Waals surface area contributed by atoms with E-state index in [1.165, 1.54) is 0 Å². The Hall–Kier alpha value is 0.0244. The highest BCUT2D eigenvalue weighted by atomic mass is 28.5. The van der Waals surface area contributed by atoms with Crippen molar-refractivity contribution in [3.8, 4) is 0 Å². The van der Waals surface area contributed by atoms with Crippen LogP contribution in [0, 0.1) is 0 Å². The summed E-state index contributed by atoms with van der Waals surface area (Å²) in [4.78, 5) is 0. The number of hydrogen-bond acceptors (Lipinski definition) is 7. The van der Waals surface area contributed by atoms with Crippen LogP contribution in [0.2, 0.25) is 65.5 Å². The first-order valence-corrected chi connectivity index (χ1v) is 28.4. The molecule has 1 aromatic carbocycles. The molecule has 1 fully saturated rings. The van der Waals surface area contributed by atoms with Gasteiger partial charge in [-0.3, -0.25) is 0 Å². The lowest BCUT2D eigenvalue weighted by atomic mass is 10.3. The summed E-state index contributed by atoms with van der Waals surface area (Å²) in [5, 5.41) is 1.10. The van der Waals surface area contributed by atoms with Crippen molar-refractivity contribution >= 4 is 47.5 Å². The van der Waals surface area contributed by atoms with Crippen LogP contribution in [-0.2, 0) is 30.7 Å². The Morgan fingerprint density at radius 1 is 0.842 bits per heavy atom. The van der Waals surface area contributed by atoms with Crippen molar-refractivity contribution < 1.29 is 30.7 Å². The van der Waals surface area contributed by atoms with Crippen molar-refractivity contribution in [2.24, 2.45) is 0 Å². The van der Waals surface area contributed by atoms with Crippen LogP contribution in [0.25, 0.3) is 0 Å². The largest absolute Gasteiger partial charge is 0.437 e. The molecule has 0 saturated carbocycles. The van der Waals surface area contributed by atoms with E-state index in [0.717, 1.165) is 24.6 Å². The molecule has 5 atom stereocenters. The lowest BCUT2D eigenvalue weighted by Gasteiger charge is -2.51. The fourth-order valence-corrected chi connectivity index (χ4v) is 28.0. The molecule has 0 amide bonds. The van der Waals surface area contributed by atoms with Gasteiger partial charge in [0, 0.05) is 6.61 Å². The third-order valence-electron chi connectivity index (χ3n) is 5.94. The molecule has 220 valence electrons. The molecule has 1 aliphatic heterocycles. The van der Waals surface area contributed by atoms with E-state index < -0.39 is 42.3 Å². The molecule has 0 spiro atoms. The second kappa shape index (κ2) is 13.8. The van der Waals surface area contributed by atoms with Gasteiger partial charge in [0.15, 0.2) is 16.6 Å². The quantitative estimate of drug-likeness (QED) is 0.157. The second-order valence-electron chi connectivity index (χ2n) is 13.0. The Morgan fingerprint density at radius 2 is 1.45 bits per heavy atom. The Morgan fingerprint density at radius 3 is 1.95 bits per heavy atom. The predicted octanol–water partition coefficient (Wildman–Crippen LogP) is 6.00. The van der Waals surface area contributed by atoms with Crippen molar-refractivity contribution in [3.05, 3.63) is 30.3 Å². The van der Waals surface area contributed by atoms with Gasteiger partial charge in [0.1, 0.15) is 11.8 Å². The van der Waals surface area contributed by atoms with E-state index in [0.29, 0.717) is 13.2 Å². The summed E-state index contributed by atoms with van der Waals surface area (Å²) in [7, 11) is -12.3. The Kier molecular flexibility index (Phi) is 12.4. The molecule has 1 aromatic rings. The maximum absolute atomic E-state index is 7.26. The van der Waals surface area contributed by atoms with Crippen LogP contribution in [0.4, 0.5) is 0 Å². The van der Waals surface area contributed by atoms with Crippen LogP contribution in [0.5, 0.6) is 0 Å². The molecule has 0 aromatic heterocycles. The minimum absolute atomic E-state index is 0.0257. The molecule has 1 aliphatic rings. The van der Waals surface area contributed by atoms with Crippen LogP contribution >= 0.6 is 0 Å².